The molecular formula is C3H4N4O3S. The first-order chi connectivity index (χ1) is 5.00. The lowest BCUT2D eigenvalue weighted by molar-refractivity contribution is 0.473. The number of rotatable bonds is 1. The highest BCUT2D eigenvalue weighted by atomic mass is 32.2. The molecule has 0 radical (unpaired) electrons. The van der Waals surface area contributed by atoms with Crippen molar-refractivity contribution in [3.8, 4) is 0 Å². The van der Waals surface area contributed by atoms with E-state index in [1.54, 1.807) is 0 Å². The number of aromatic nitrogens is 3. The summed E-state index contributed by atoms with van der Waals surface area (Å²) in [5, 5.41) is -0.745. The Balaban J connectivity index is 3.28. The molecule has 0 spiro atoms. The molecule has 0 aromatic carbocycles. The van der Waals surface area contributed by atoms with Crippen molar-refractivity contribution in [1.82, 2.24) is 15.0 Å². The fourth-order valence-corrected chi connectivity index (χ4v) is 0.807. The highest BCUT2D eigenvalue weighted by Crippen LogP contribution is 1.98. The predicted octanol–water partition coefficient (Wildman–Crippen LogP) is -1.30. The van der Waals surface area contributed by atoms with Crippen LogP contribution in [0.15, 0.2) is 11.5 Å². The lowest BCUT2D eigenvalue weighted by Crippen LogP contribution is -2.07. The zero-order chi connectivity index (χ0) is 8.48. The highest BCUT2D eigenvalue weighted by Gasteiger charge is 2.12. The van der Waals surface area contributed by atoms with Crippen molar-refractivity contribution in [2.45, 2.75) is 5.16 Å². The summed E-state index contributed by atoms with van der Waals surface area (Å²) in [4.78, 5) is 9.67. The topological polar surface area (TPSA) is 119 Å². The van der Waals surface area contributed by atoms with E-state index in [4.69, 9.17) is 10.3 Å². The number of hydrogen-bond acceptors (Lipinski definition) is 6. The summed E-state index contributed by atoms with van der Waals surface area (Å²) in [7, 11) is -4.37. The lowest BCUT2D eigenvalue weighted by Gasteiger charge is -1.93. The molecule has 0 amide bonds. The summed E-state index contributed by atoms with van der Waals surface area (Å²) in [6.07, 6.45) is 0.894. The summed E-state index contributed by atoms with van der Waals surface area (Å²) < 4.78 is 29.0. The fraction of sp³-hybridized carbons (Fsp3) is 0. The first kappa shape index (κ1) is 7.82. The third-order valence-corrected chi connectivity index (χ3v) is 1.46. The van der Waals surface area contributed by atoms with Crippen LogP contribution in [0.3, 0.4) is 0 Å². The van der Waals surface area contributed by atoms with Crippen molar-refractivity contribution in [1.29, 1.82) is 0 Å². The molecule has 0 aliphatic rings. The van der Waals surface area contributed by atoms with Crippen LogP contribution in [0.1, 0.15) is 0 Å². The molecule has 0 unspecified atom stereocenters. The van der Waals surface area contributed by atoms with Gasteiger partial charge in [0.25, 0.3) is 5.16 Å². The molecule has 0 fully saturated rings. The van der Waals surface area contributed by atoms with E-state index < -0.39 is 15.3 Å². The van der Waals surface area contributed by atoms with Crippen molar-refractivity contribution in [2.75, 3.05) is 5.73 Å². The Morgan fingerprint density at radius 1 is 1.45 bits per heavy atom. The molecule has 3 N–H and O–H groups in total. The Morgan fingerprint density at radius 2 is 2.09 bits per heavy atom. The Morgan fingerprint density at radius 3 is 2.45 bits per heavy atom. The van der Waals surface area contributed by atoms with E-state index in [2.05, 4.69) is 15.0 Å². The average molecular weight is 176 g/mol. The van der Waals surface area contributed by atoms with Gasteiger partial charge in [-0.3, -0.25) is 4.55 Å². The Labute approximate surface area is 62.1 Å². The van der Waals surface area contributed by atoms with Gasteiger partial charge in [-0.05, 0) is 0 Å². The maximum absolute atomic E-state index is 10.3. The van der Waals surface area contributed by atoms with Crippen LogP contribution in [-0.4, -0.2) is 27.9 Å². The molecule has 0 atom stereocenters. The normalized spacial score (nSPS) is 11.4. The molecular weight excluding hydrogens is 172 g/mol. The van der Waals surface area contributed by atoms with Crippen molar-refractivity contribution in [3.63, 3.8) is 0 Å². The third kappa shape index (κ3) is 1.82. The second kappa shape index (κ2) is 2.40. The molecule has 8 heteroatoms. The van der Waals surface area contributed by atoms with Crippen molar-refractivity contribution < 1.29 is 13.0 Å². The maximum atomic E-state index is 10.3. The van der Waals surface area contributed by atoms with Crippen LogP contribution in [0.25, 0.3) is 0 Å². The van der Waals surface area contributed by atoms with Crippen LogP contribution in [0.5, 0.6) is 0 Å². The molecule has 0 aliphatic heterocycles. The van der Waals surface area contributed by atoms with Crippen molar-refractivity contribution >= 4 is 16.1 Å². The van der Waals surface area contributed by atoms with E-state index in [9.17, 15) is 8.42 Å². The molecule has 1 aromatic heterocycles. The maximum Gasteiger partial charge on any atom is 0.330 e. The van der Waals surface area contributed by atoms with Crippen molar-refractivity contribution in [3.05, 3.63) is 6.33 Å². The van der Waals surface area contributed by atoms with Gasteiger partial charge in [0, 0.05) is 0 Å². The monoisotopic (exact) mass is 176 g/mol. The molecule has 7 nitrogen and oxygen atoms in total. The summed E-state index contributed by atoms with van der Waals surface area (Å²) >= 11 is 0. The first-order valence-electron chi connectivity index (χ1n) is 2.42. The van der Waals surface area contributed by atoms with E-state index in [0.29, 0.717) is 0 Å². The average Bonchev–Trinajstić information content (AvgIpc) is 1.86. The van der Waals surface area contributed by atoms with Gasteiger partial charge in [0.1, 0.15) is 6.33 Å². The van der Waals surface area contributed by atoms with Gasteiger partial charge in [-0.25, -0.2) is 9.97 Å². The van der Waals surface area contributed by atoms with E-state index in [1.165, 1.54) is 0 Å². The predicted molar refractivity (Wildman–Crippen MR) is 34.1 cm³/mol. The van der Waals surface area contributed by atoms with E-state index in [-0.39, 0.29) is 5.95 Å². The quantitative estimate of drug-likeness (QED) is 0.510. The second-order valence-electron chi connectivity index (χ2n) is 1.60. The standard InChI is InChI=1S/C3H4N4O3S/c4-2-5-1-6-3(7-2)11(8,9)10/h1H,(H,8,9,10)(H2,4,5,6,7). The van der Waals surface area contributed by atoms with Crippen LogP contribution in [0.2, 0.25) is 0 Å². The zero-order valence-electron chi connectivity index (χ0n) is 5.17. The smallest absolute Gasteiger partial charge is 0.330 e. The summed E-state index contributed by atoms with van der Waals surface area (Å²) in [5.41, 5.74) is 5.02. The fourth-order valence-electron chi connectivity index (χ4n) is 0.417. The SMILES string of the molecule is Nc1ncnc(S(=O)(=O)O)n1. The lowest BCUT2D eigenvalue weighted by atomic mass is 11.0. The molecule has 0 saturated carbocycles. The largest absolute Gasteiger partial charge is 0.368 e. The van der Waals surface area contributed by atoms with Gasteiger partial charge in [0.2, 0.25) is 5.95 Å². The minimum Gasteiger partial charge on any atom is -0.368 e. The Kier molecular flexibility index (Phi) is 1.71. The summed E-state index contributed by atoms with van der Waals surface area (Å²) in [6.45, 7) is 0. The number of nitrogens with zero attached hydrogens (tertiary/aromatic N) is 3. The van der Waals surface area contributed by atoms with Gasteiger partial charge >= 0.3 is 10.1 Å². The van der Waals surface area contributed by atoms with Crippen LogP contribution in [0, 0.1) is 0 Å². The molecule has 0 aliphatic carbocycles. The molecule has 0 bridgehead atoms. The van der Waals surface area contributed by atoms with Crippen LogP contribution in [0.4, 0.5) is 5.95 Å². The van der Waals surface area contributed by atoms with Crippen LogP contribution in [-0.2, 0) is 10.1 Å². The number of hydrogen-bond donors (Lipinski definition) is 2. The van der Waals surface area contributed by atoms with Gasteiger partial charge in [-0.15, -0.1) is 0 Å². The minimum atomic E-state index is -4.37. The zero-order valence-corrected chi connectivity index (χ0v) is 5.98. The van der Waals surface area contributed by atoms with Crippen LogP contribution < -0.4 is 5.73 Å². The van der Waals surface area contributed by atoms with Crippen molar-refractivity contribution in [2.24, 2.45) is 0 Å². The molecule has 1 rings (SSSR count). The van der Waals surface area contributed by atoms with Gasteiger partial charge in [-0.2, -0.15) is 13.4 Å². The van der Waals surface area contributed by atoms with E-state index >= 15 is 0 Å². The van der Waals surface area contributed by atoms with Gasteiger partial charge in [-0.1, -0.05) is 0 Å². The number of nitrogen functional groups attached to an aromatic ring is 1. The summed E-state index contributed by atoms with van der Waals surface area (Å²) in [6, 6.07) is 0. The van der Waals surface area contributed by atoms with E-state index in [1.807, 2.05) is 0 Å². The molecule has 0 saturated heterocycles. The van der Waals surface area contributed by atoms with Gasteiger partial charge in [0.15, 0.2) is 0 Å². The molecule has 1 heterocycles. The number of nitrogens with two attached hydrogens (primary N) is 1. The summed E-state index contributed by atoms with van der Waals surface area (Å²) in [5.74, 6) is -0.257. The van der Waals surface area contributed by atoms with E-state index in [0.717, 1.165) is 6.33 Å². The van der Waals surface area contributed by atoms with Crippen LogP contribution >= 0.6 is 0 Å². The molecule has 60 valence electrons. The Bertz CT molecular complexity index is 361. The second-order valence-corrected chi connectivity index (χ2v) is 2.92. The molecule has 11 heavy (non-hydrogen) atoms. The van der Waals surface area contributed by atoms with Gasteiger partial charge < -0.3 is 5.73 Å². The number of anilines is 1. The Hall–Kier alpha value is -1.28. The molecule has 1 aromatic rings. The minimum absolute atomic E-state index is 0.257. The highest BCUT2D eigenvalue weighted by molar-refractivity contribution is 7.85. The van der Waals surface area contributed by atoms with Gasteiger partial charge in [0.05, 0.1) is 0 Å². The third-order valence-electron chi connectivity index (χ3n) is 0.799. The first-order valence-corrected chi connectivity index (χ1v) is 3.86.